The topological polar surface area (TPSA) is 59.9 Å². The maximum Gasteiger partial charge on any atom is 0.250 e. The molecular weight excluding hydrogens is 232 g/mol. The zero-order chi connectivity index (χ0) is 13.0. The average Bonchev–Trinajstić information content (AvgIpc) is 2.74. The molecule has 0 aromatic heterocycles. The number of carbonyl (C=O) groups is 1. The SMILES string of the molecule is CCCC1N=C(C2(OCC)CCOCC2)NC1=O. The Bertz CT molecular complexity index is 330. The highest BCUT2D eigenvalue weighted by Crippen LogP contribution is 2.28. The highest BCUT2D eigenvalue weighted by atomic mass is 16.5. The smallest absolute Gasteiger partial charge is 0.250 e. The van der Waals surface area contributed by atoms with Crippen LogP contribution in [-0.4, -0.2) is 43.2 Å². The molecule has 0 bridgehead atoms. The highest BCUT2D eigenvalue weighted by Gasteiger charge is 2.43. The van der Waals surface area contributed by atoms with Gasteiger partial charge in [0.05, 0.1) is 0 Å². The third kappa shape index (κ3) is 2.57. The van der Waals surface area contributed by atoms with E-state index >= 15 is 0 Å². The van der Waals surface area contributed by atoms with Gasteiger partial charge in [-0.1, -0.05) is 13.3 Å². The molecule has 102 valence electrons. The van der Waals surface area contributed by atoms with Gasteiger partial charge in [0.15, 0.2) is 0 Å². The molecule has 0 radical (unpaired) electrons. The number of hydrogen-bond donors (Lipinski definition) is 1. The van der Waals surface area contributed by atoms with Gasteiger partial charge in [0.25, 0.3) is 0 Å². The number of amides is 1. The van der Waals surface area contributed by atoms with Crippen molar-refractivity contribution in [2.45, 2.75) is 51.2 Å². The highest BCUT2D eigenvalue weighted by molar-refractivity contribution is 6.09. The number of ether oxygens (including phenoxy) is 2. The van der Waals surface area contributed by atoms with Crippen LogP contribution in [0.1, 0.15) is 39.5 Å². The fourth-order valence-electron chi connectivity index (χ4n) is 2.57. The quantitative estimate of drug-likeness (QED) is 0.803. The maximum absolute atomic E-state index is 11.9. The molecule has 0 aromatic carbocycles. The van der Waals surface area contributed by atoms with E-state index in [2.05, 4.69) is 17.2 Å². The molecule has 0 saturated carbocycles. The van der Waals surface area contributed by atoms with Crippen molar-refractivity contribution in [2.24, 2.45) is 4.99 Å². The third-order valence-corrected chi connectivity index (χ3v) is 3.54. The molecule has 2 aliphatic rings. The van der Waals surface area contributed by atoms with E-state index in [4.69, 9.17) is 9.47 Å². The predicted octanol–water partition coefficient (Wildman–Crippen LogP) is 1.27. The Labute approximate surface area is 108 Å². The van der Waals surface area contributed by atoms with Crippen LogP contribution in [0.3, 0.4) is 0 Å². The molecule has 2 rings (SSSR count). The van der Waals surface area contributed by atoms with E-state index in [0.717, 1.165) is 31.5 Å². The first kappa shape index (κ1) is 13.5. The van der Waals surface area contributed by atoms with Crippen molar-refractivity contribution in [3.8, 4) is 0 Å². The van der Waals surface area contributed by atoms with Gasteiger partial charge in [-0.3, -0.25) is 9.79 Å². The van der Waals surface area contributed by atoms with Crippen LogP contribution in [-0.2, 0) is 14.3 Å². The van der Waals surface area contributed by atoms with Crippen molar-refractivity contribution >= 4 is 11.7 Å². The van der Waals surface area contributed by atoms with Gasteiger partial charge in [-0.2, -0.15) is 0 Å². The summed E-state index contributed by atoms with van der Waals surface area (Å²) < 4.78 is 11.3. The number of aliphatic imine (C=N–C) groups is 1. The normalized spacial score (nSPS) is 26.9. The van der Waals surface area contributed by atoms with E-state index in [1.807, 2.05) is 6.92 Å². The minimum Gasteiger partial charge on any atom is -0.381 e. The lowest BCUT2D eigenvalue weighted by Crippen LogP contribution is -2.51. The summed E-state index contributed by atoms with van der Waals surface area (Å²) in [7, 11) is 0. The molecule has 18 heavy (non-hydrogen) atoms. The van der Waals surface area contributed by atoms with Crippen molar-refractivity contribution in [1.82, 2.24) is 5.32 Å². The van der Waals surface area contributed by atoms with Crippen LogP contribution in [0.4, 0.5) is 0 Å². The number of rotatable bonds is 5. The van der Waals surface area contributed by atoms with Gasteiger partial charge in [0.2, 0.25) is 5.91 Å². The van der Waals surface area contributed by atoms with E-state index in [1.165, 1.54) is 0 Å². The zero-order valence-corrected chi connectivity index (χ0v) is 11.2. The second kappa shape index (κ2) is 5.80. The standard InChI is InChI=1S/C13H22N2O3/c1-3-5-10-11(16)15-12(14-10)13(18-4-2)6-8-17-9-7-13/h10H,3-9H2,1-2H3,(H,14,15,16). The second-order valence-electron chi connectivity index (χ2n) is 4.81. The first-order valence-corrected chi connectivity index (χ1v) is 6.82. The Morgan fingerprint density at radius 3 is 2.78 bits per heavy atom. The van der Waals surface area contributed by atoms with E-state index in [1.54, 1.807) is 0 Å². The Morgan fingerprint density at radius 1 is 1.44 bits per heavy atom. The van der Waals surface area contributed by atoms with Crippen LogP contribution in [0.5, 0.6) is 0 Å². The number of nitrogens with zero attached hydrogens (tertiary/aromatic N) is 1. The Morgan fingerprint density at radius 2 is 2.17 bits per heavy atom. The summed E-state index contributed by atoms with van der Waals surface area (Å²) in [6, 6.07) is -0.231. The number of nitrogens with one attached hydrogen (secondary N) is 1. The predicted molar refractivity (Wildman–Crippen MR) is 68.7 cm³/mol. The lowest BCUT2D eigenvalue weighted by Gasteiger charge is -2.36. The molecule has 0 aliphatic carbocycles. The maximum atomic E-state index is 11.9. The summed E-state index contributed by atoms with van der Waals surface area (Å²) in [5, 5.41) is 2.91. The lowest BCUT2D eigenvalue weighted by atomic mass is 9.92. The first-order chi connectivity index (χ1) is 8.72. The average molecular weight is 254 g/mol. The van der Waals surface area contributed by atoms with Gasteiger partial charge in [-0.15, -0.1) is 0 Å². The van der Waals surface area contributed by atoms with Gasteiger partial charge >= 0.3 is 0 Å². The van der Waals surface area contributed by atoms with Gasteiger partial charge < -0.3 is 14.8 Å². The van der Waals surface area contributed by atoms with Crippen LogP contribution in [0.25, 0.3) is 0 Å². The summed E-state index contributed by atoms with van der Waals surface area (Å²) in [6.07, 6.45) is 3.28. The fraction of sp³-hybridized carbons (Fsp3) is 0.846. The molecule has 2 heterocycles. The summed E-state index contributed by atoms with van der Waals surface area (Å²) in [5.74, 6) is 0.730. The van der Waals surface area contributed by atoms with Crippen molar-refractivity contribution < 1.29 is 14.3 Å². The number of amidine groups is 1. The Balaban J connectivity index is 2.16. The zero-order valence-electron chi connectivity index (χ0n) is 11.2. The Hall–Kier alpha value is -0.940. The minimum atomic E-state index is -0.439. The molecule has 1 unspecified atom stereocenters. The van der Waals surface area contributed by atoms with Crippen molar-refractivity contribution in [3.05, 3.63) is 0 Å². The molecule has 1 N–H and O–H groups in total. The molecule has 0 aromatic rings. The molecule has 1 saturated heterocycles. The van der Waals surface area contributed by atoms with Crippen LogP contribution in [0.2, 0.25) is 0 Å². The van der Waals surface area contributed by atoms with E-state index in [0.29, 0.717) is 19.8 Å². The van der Waals surface area contributed by atoms with Crippen molar-refractivity contribution in [3.63, 3.8) is 0 Å². The number of carbonyl (C=O) groups excluding carboxylic acids is 1. The van der Waals surface area contributed by atoms with E-state index in [9.17, 15) is 4.79 Å². The van der Waals surface area contributed by atoms with Crippen LogP contribution >= 0.6 is 0 Å². The molecule has 2 aliphatic heterocycles. The third-order valence-electron chi connectivity index (χ3n) is 3.54. The van der Waals surface area contributed by atoms with Gasteiger partial charge in [-0.05, 0) is 13.3 Å². The van der Waals surface area contributed by atoms with Crippen molar-refractivity contribution in [1.29, 1.82) is 0 Å². The van der Waals surface area contributed by atoms with Gasteiger partial charge in [-0.25, -0.2) is 0 Å². The molecular formula is C13H22N2O3. The summed E-state index contributed by atoms with van der Waals surface area (Å²) in [5.41, 5.74) is -0.439. The minimum absolute atomic E-state index is 0.0115. The molecule has 1 atom stereocenters. The largest absolute Gasteiger partial charge is 0.381 e. The molecule has 5 nitrogen and oxygen atoms in total. The van der Waals surface area contributed by atoms with Crippen LogP contribution in [0.15, 0.2) is 4.99 Å². The van der Waals surface area contributed by atoms with E-state index < -0.39 is 5.60 Å². The van der Waals surface area contributed by atoms with Gasteiger partial charge in [0, 0.05) is 32.7 Å². The molecule has 0 spiro atoms. The molecule has 5 heteroatoms. The van der Waals surface area contributed by atoms with E-state index in [-0.39, 0.29) is 11.9 Å². The molecule has 1 fully saturated rings. The monoisotopic (exact) mass is 254 g/mol. The summed E-state index contributed by atoms with van der Waals surface area (Å²) in [6.45, 7) is 5.97. The van der Waals surface area contributed by atoms with Crippen LogP contribution < -0.4 is 5.32 Å². The summed E-state index contributed by atoms with van der Waals surface area (Å²) >= 11 is 0. The van der Waals surface area contributed by atoms with Gasteiger partial charge in [0.1, 0.15) is 17.5 Å². The first-order valence-electron chi connectivity index (χ1n) is 6.82. The lowest BCUT2D eigenvalue weighted by molar-refractivity contribution is -0.120. The molecule has 1 amide bonds. The van der Waals surface area contributed by atoms with Crippen molar-refractivity contribution in [2.75, 3.05) is 19.8 Å². The van der Waals surface area contributed by atoms with Crippen LogP contribution in [0, 0.1) is 0 Å². The number of hydrogen-bond acceptors (Lipinski definition) is 4. The Kier molecular flexibility index (Phi) is 4.35. The summed E-state index contributed by atoms with van der Waals surface area (Å²) in [4.78, 5) is 16.4. The fourth-order valence-corrected chi connectivity index (χ4v) is 2.57. The second-order valence-corrected chi connectivity index (χ2v) is 4.81.